The SMILES string of the molecule is C[C@@H]1CCCN(c2ncc(CN3CCC(N4CCC[C@H](C)C4)CC3)cn2)C1. The lowest BCUT2D eigenvalue weighted by Gasteiger charge is -2.41. The number of nitrogens with zero attached hydrogens (tertiary/aromatic N) is 5. The Balaban J connectivity index is 1.25. The molecule has 1 aromatic heterocycles. The van der Waals surface area contributed by atoms with E-state index in [1.807, 2.05) is 0 Å². The van der Waals surface area contributed by atoms with Crippen molar-refractivity contribution in [3.63, 3.8) is 0 Å². The maximum absolute atomic E-state index is 4.68. The molecule has 0 unspecified atom stereocenters. The summed E-state index contributed by atoms with van der Waals surface area (Å²) in [4.78, 5) is 17.1. The van der Waals surface area contributed by atoms with Gasteiger partial charge in [0.2, 0.25) is 5.95 Å². The van der Waals surface area contributed by atoms with Gasteiger partial charge in [-0.15, -0.1) is 0 Å². The lowest BCUT2D eigenvalue weighted by atomic mass is 9.95. The molecule has 0 bridgehead atoms. The molecule has 0 aromatic carbocycles. The molecule has 4 rings (SSSR count). The number of likely N-dealkylation sites (tertiary alicyclic amines) is 2. The third-order valence-electron chi connectivity index (χ3n) is 6.80. The summed E-state index contributed by atoms with van der Waals surface area (Å²) < 4.78 is 0. The van der Waals surface area contributed by atoms with E-state index in [1.165, 1.54) is 70.3 Å². The van der Waals surface area contributed by atoms with Crippen LogP contribution in [0.4, 0.5) is 5.95 Å². The van der Waals surface area contributed by atoms with Crippen molar-refractivity contribution in [3.05, 3.63) is 18.0 Å². The van der Waals surface area contributed by atoms with Crippen molar-refractivity contribution in [2.24, 2.45) is 11.8 Å². The summed E-state index contributed by atoms with van der Waals surface area (Å²) in [5.41, 5.74) is 1.26. The summed E-state index contributed by atoms with van der Waals surface area (Å²) in [6.45, 7) is 13.0. The second-order valence-electron chi connectivity index (χ2n) is 9.33. The topological polar surface area (TPSA) is 35.5 Å². The number of hydrogen-bond acceptors (Lipinski definition) is 5. The van der Waals surface area contributed by atoms with Gasteiger partial charge in [0.1, 0.15) is 0 Å². The fourth-order valence-corrected chi connectivity index (χ4v) is 5.22. The zero-order valence-electron chi connectivity index (χ0n) is 17.3. The van der Waals surface area contributed by atoms with Crippen molar-refractivity contribution < 1.29 is 0 Å². The molecule has 0 aliphatic carbocycles. The van der Waals surface area contributed by atoms with Crippen LogP contribution >= 0.6 is 0 Å². The highest BCUT2D eigenvalue weighted by Gasteiger charge is 2.27. The van der Waals surface area contributed by atoms with Crippen molar-refractivity contribution in [2.45, 2.75) is 65.0 Å². The van der Waals surface area contributed by atoms with E-state index in [1.54, 1.807) is 0 Å². The normalized spacial score (nSPS) is 29.2. The molecule has 4 heterocycles. The van der Waals surface area contributed by atoms with E-state index in [9.17, 15) is 0 Å². The van der Waals surface area contributed by atoms with E-state index < -0.39 is 0 Å². The minimum atomic E-state index is 0.756. The number of piperidine rings is 3. The minimum Gasteiger partial charge on any atom is -0.341 e. The van der Waals surface area contributed by atoms with Crippen LogP contribution in [0.3, 0.4) is 0 Å². The third-order valence-corrected chi connectivity index (χ3v) is 6.80. The molecule has 1 aromatic rings. The molecule has 27 heavy (non-hydrogen) atoms. The Hall–Kier alpha value is -1.20. The average Bonchev–Trinajstić information content (AvgIpc) is 2.69. The highest BCUT2D eigenvalue weighted by Crippen LogP contribution is 2.24. The summed E-state index contributed by atoms with van der Waals surface area (Å²) in [6, 6.07) is 0.809. The van der Waals surface area contributed by atoms with Gasteiger partial charge in [0.05, 0.1) is 0 Å². The van der Waals surface area contributed by atoms with Crippen molar-refractivity contribution in [2.75, 3.05) is 44.2 Å². The zero-order chi connectivity index (χ0) is 18.6. The van der Waals surface area contributed by atoms with E-state index in [-0.39, 0.29) is 0 Å². The molecule has 5 heteroatoms. The Labute approximate surface area is 165 Å². The molecule has 2 atom stereocenters. The van der Waals surface area contributed by atoms with Crippen LogP contribution in [-0.4, -0.2) is 65.1 Å². The monoisotopic (exact) mass is 371 g/mol. The second kappa shape index (κ2) is 8.87. The number of anilines is 1. The fraction of sp³-hybridized carbons (Fsp3) is 0.818. The average molecular weight is 372 g/mol. The van der Waals surface area contributed by atoms with Gasteiger partial charge < -0.3 is 9.80 Å². The first-order valence-electron chi connectivity index (χ1n) is 11.2. The molecule has 0 spiro atoms. The maximum atomic E-state index is 4.68. The van der Waals surface area contributed by atoms with E-state index in [0.717, 1.165) is 43.5 Å². The molecule has 0 amide bonds. The molecule has 3 saturated heterocycles. The Morgan fingerprint density at radius 2 is 1.52 bits per heavy atom. The largest absolute Gasteiger partial charge is 0.341 e. The summed E-state index contributed by atoms with van der Waals surface area (Å²) >= 11 is 0. The van der Waals surface area contributed by atoms with Crippen LogP contribution in [0.1, 0.15) is 57.9 Å². The molecule has 150 valence electrons. The van der Waals surface area contributed by atoms with Crippen LogP contribution in [0, 0.1) is 11.8 Å². The fourth-order valence-electron chi connectivity index (χ4n) is 5.22. The standard InChI is InChI=1S/C22H37N5/c1-18-5-3-9-26(15-18)21-7-11-25(12-8-21)17-20-13-23-22(24-14-20)27-10-4-6-19(2)16-27/h13-14,18-19,21H,3-12,15-17H2,1-2H3/t18-,19+/m0/s1. The van der Waals surface area contributed by atoms with E-state index >= 15 is 0 Å². The van der Waals surface area contributed by atoms with Crippen molar-refractivity contribution in [1.82, 2.24) is 19.8 Å². The summed E-state index contributed by atoms with van der Waals surface area (Å²) in [5, 5.41) is 0. The van der Waals surface area contributed by atoms with Gasteiger partial charge in [0.15, 0.2) is 0 Å². The Morgan fingerprint density at radius 1 is 0.852 bits per heavy atom. The van der Waals surface area contributed by atoms with Gasteiger partial charge in [-0.25, -0.2) is 9.97 Å². The Kier molecular flexibility index (Phi) is 6.28. The van der Waals surface area contributed by atoms with Crippen LogP contribution in [-0.2, 0) is 6.54 Å². The number of rotatable bonds is 4. The quantitative estimate of drug-likeness (QED) is 0.810. The van der Waals surface area contributed by atoms with Crippen LogP contribution in [0.15, 0.2) is 12.4 Å². The first kappa shape index (κ1) is 19.1. The van der Waals surface area contributed by atoms with E-state index in [4.69, 9.17) is 0 Å². The van der Waals surface area contributed by atoms with E-state index in [2.05, 4.69) is 50.9 Å². The third kappa shape index (κ3) is 5.00. The minimum absolute atomic E-state index is 0.756. The van der Waals surface area contributed by atoms with Gasteiger partial charge >= 0.3 is 0 Å². The van der Waals surface area contributed by atoms with Crippen molar-refractivity contribution in [3.8, 4) is 0 Å². The maximum Gasteiger partial charge on any atom is 0.225 e. The van der Waals surface area contributed by atoms with Crippen LogP contribution in [0.5, 0.6) is 0 Å². The van der Waals surface area contributed by atoms with Crippen LogP contribution in [0.2, 0.25) is 0 Å². The van der Waals surface area contributed by atoms with Gasteiger partial charge in [-0.2, -0.15) is 0 Å². The molecule has 0 radical (unpaired) electrons. The predicted octanol–water partition coefficient (Wildman–Crippen LogP) is 3.41. The highest BCUT2D eigenvalue weighted by atomic mass is 15.3. The van der Waals surface area contributed by atoms with Crippen molar-refractivity contribution >= 4 is 5.95 Å². The molecule has 0 N–H and O–H groups in total. The lowest BCUT2D eigenvalue weighted by Crippen LogP contribution is -2.48. The molecule has 0 saturated carbocycles. The molecule has 3 fully saturated rings. The van der Waals surface area contributed by atoms with Crippen LogP contribution < -0.4 is 4.90 Å². The van der Waals surface area contributed by atoms with Gasteiger partial charge in [-0.1, -0.05) is 13.8 Å². The second-order valence-corrected chi connectivity index (χ2v) is 9.33. The molecule has 5 nitrogen and oxygen atoms in total. The molecule has 3 aliphatic heterocycles. The number of aromatic nitrogens is 2. The smallest absolute Gasteiger partial charge is 0.225 e. The van der Waals surface area contributed by atoms with Crippen LogP contribution in [0.25, 0.3) is 0 Å². The zero-order valence-corrected chi connectivity index (χ0v) is 17.3. The van der Waals surface area contributed by atoms with Gasteiger partial charge in [-0.3, -0.25) is 4.90 Å². The highest BCUT2D eigenvalue weighted by molar-refractivity contribution is 5.30. The summed E-state index contributed by atoms with van der Waals surface area (Å²) in [6.07, 6.45) is 12.1. The molecular formula is C22H37N5. The summed E-state index contributed by atoms with van der Waals surface area (Å²) in [7, 11) is 0. The number of hydrogen-bond donors (Lipinski definition) is 0. The van der Waals surface area contributed by atoms with Gasteiger partial charge in [0.25, 0.3) is 0 Å². The Bertz CT molecular complexity index is 581. The Morgan fingerprint density at radius 3 is 2.19 bits per heavy atom. The van der Waals surface area contributed by atoms with Gasteiger partial charge in [0, 0.05) is 50.2 Å². The lowest BCUT2D eigenvalue weighted by molar-refractivity contribution is 0.0728. The first-order chi connectivity index (χ1) is 13.2. The molecule has 3 aliphatic rings. The van der Waals surface area contributed by atoms with E-state index in [0.29, 0.717) is 0 Å². The molecular weight excluding hydrogens is 334 g/mol. The van der Waals surface area contributed by atoms with Crippen molar-refractivity contribution in [1.29, 1.82) is 0 Å². The first-order valence-corrected chi connectivity index (χ1v) is 11.2. The van der Waals surface area contributed by atoms with Gasteiger partial charge in [-0.05, 0) is 70.0 Å². The summed E-state index contributed by atoms with van der Waals surface area (Å²) in [5.74, 6) is 2.56. The predicted molar refractivity (Wildman–Crippen MR) is 111 cm³/mol.